The molecule has 0 heterocycles. The first kappa shape index (κ1) is 13.1. The minimum absolute atomic E-state index is 0.525. The zero-order chi connectivity index (χ0) is 12.1. The monoisotopic (exact) mass is 237 g/mol. The Hall–Kier alpha value is -0.340. The van der Waals surface area contributed by atoms with Gasteiger partial charge in [-0.3, -0.25) is 0 Å². The Balaban J connectivity index is 1.72. The van der Waals surface area contributed by atoms with Crippen molar-refractivity contribution in [2.75, 3.05) is 20.7 Å². The van der Waals surface area contributed by atoms with E-state index in [1.807, 2.05) is 7.11 Å². The molecule has 0 aromatic heterocycles. The number of hydrogen-bond donors (Lipinski definition) is 0. The van der Waals surface area contributed by atoms with Crippen molar-refractivity contribution in [3.05, 3.63) is 12.2 Å². The maximum atomic E-state index is 5.44. The van der Waals surface area contributed by atoms with Gasteiger partial charge in [0.05, 0.1) is 6.10 Å². The summed E-state index contributed by atoms with van der Waals surface area (Å²) >= 11 is 0. The summed E-state index contributed by atoms with van der Waals surface area (Å²) in [6.45, 7) is 1.28. The van der Waals surface area contributed by atoms with Crippen LogP contribution in [-0.2, 0) is 4.74 Å². The Kier molecular flexibility index (Phi) is 5.05. The van der Waals surface area contributed by atoms with Gasteiger partial charge in [0.2, 0.25) is 0 Å². The molecular formula is C15H27NO. The standard InChI is InChI=1S/C15H27NO/c1-16(12-13-6-4-3-5-7-13)14-8-10-15(17-2)11-9-14/h3-4,13-15H,5-12H2,1-2H3. The van der Waals surface area contributed by atoms with Crippen molar-refractivity contribution in [2.45, 2.75) is 57.1 Å². The average Bonchev–Trinajstić information content (AvgIpc) is 2.40. The van der Waals surface area contributed by atoms with Crippen LogP contribution in [-0.4, -0.2) is 37.7 Å². The van der Waals surface area contributed by atoms with Gasteiger partial charge in [-0.05, 0) is 57.9 Å². The van der Waals surface area contributed by atoms with Gasteiger partial charge in [-0.2, -0.15) is 0 Å². The normalized spacial score (nSPS) is 34.2. The lowest BCUT2D eigenvalue weighted by Gasteiger charge is -2.36. The van der Waals surface area contributed by atoms with Crippen LogP contribution in [0.1, 0.15) is 44.9 Å². The molecule has 2 aliphatic rings. The highest BCUT2D eigenvalue weighted by Gasteiger charge is 2.25. The van der Waals surface area contributed by atoms with E-state index >= 15 is 0 Å². The highest BCUT2D eigenvalue weighted by Crippen LogP contribution is 2.26. The number of allylic oxidation sites excluding steroid dienone is 2. The number of rotatable bonds is 4. The highest BCUT2D eigenvalue weighted by molar-refractivity contribution is 4.91. The van der Waals surface area contributed by atoms with E-state index in [4.69, 9.17) is 4.74 Å². The molecule has 0 aromatic rings. The van der Waals surface area contributed by atoms with E-state index < -0.39 is 0 Å². The molecule has 0 radical (unpaired) electrons. The molecule has 0 saturated heterocycles. The Labute approximate surface area is 106 Å². The molecule has 2 heteroatoms. The van der Waals surface area contributed by atoms with Gasteiger partial charge < -0.3 is 9.64 Å². The summed E-state index contributed by atoms with van der Waals surface area (Å²) in [4.78, 5) is 2.61. The molecule has 1 unspecified atom stereocenters. The lowest BCUT2D eigenvalue weighted by molar-refractivity contribution is 0.0409. The van der Waals surface area contributed by atoms with E-state index in [1.165, 1.54) is 51.5 Å². The van der Waals surface area contributed by atoms with Crippen molar-refractivity contribution in [1.82, 2.24) is 4.90 Å². The molecule has 98 valence electrons. The van der Waals surface area contributed by atoms with Crippen LogP contribution in [0, 0.1) is 5.92 Å². The molecule has 0 spiro atoms. The van der Waals surface area contributed by atoms with Gasteiger partial charge in [0.15, 0.2) is 0 Å². The van der Waals surface area contributed by atoms with Gasteiger partial charge in [-0.25, -0.2) is 0 Å². The van der Waals surface area contributed by atoms with Gasteiger partial charge in [0.25, 0.3) is 0 Å². The fourth-order valence-corrected chi connectivity index (χ4v) is 3.30. The second-order valence-corrected chi connectivity index (χ2v) is 5.76. The van der Waals surface area contributed by atoms with Gasteiger partial charge >= 0.3 is 0 Å². The number of hydrogen-bond acceptors (Lipinski definition) is 2. The SMILES string of the molecule is COC1CCC(N(C)CC2CC=CCC2)CC1. The topological polar surface area (TPSA) is 12.5 Å². The van der Waals surface area contributed by atoms with Crippen LogP contribution in [0.4, 0.5) is 0 Å². The second kappa shape index (κ2) is 6.55. The maximum absolute atomic E-state index is 5.44. The van der Waals surface area contributed by atoms with E-state index in [1.54, 1.807) is 0 Å². The van der Waals surface area contributed by atoms with E-state index in [2.05, 4.69) is 24.1 Å². The first-order valence-electron chi connectivity index (χ1n) is 7.17. The summed E-state index contributed by atoms with van der Waals surface area (Å²) in [5, 5.41) is 0. The second-order valence-electron chi connectivity index (χ2n) is 5.76. The van der Waals surface area contributed by atoms with Crippen molar-refractivity contribution < 1.29 is 4.74 Å². The van der Waals surface area contributed by atoms with Crippen molar-refractivity contribution in [1.29, 1.82) is 0 Å². The molecule has 1 saturated carbocycles. The molecule has 0 bridgehead atoms. The first-order chi connectivity index (χ1) is 8.29. The third-order valence-electron chi connectivity index (χ3n) is 4.52. The molecule has 0 aliphatic heterocycles. The summed E-state index contributed by atoms with van der Waals surface area (Å²) in [6, 6.07) is 0.798. The van der Waals surface area contributed by atoms with Gasteiger partial charge in [-0.15, -0.1) is 0 Å². The summed E-state index contributed by atoms with van der Waals surface area (Å²) in [5.41, 5.74) is 0. The smallest absolute Gasteiger partial charge is 0.0572 e. The highest BCUT2D eigenvalue weighted by atomic mass is 16.5. The van der Waals surface area contributed by atoms with Crippen LogP contribution in [0.2, 0.25) is 0 Å². The predicted molar refractivity (Wildman–Crippen MR) is 72.2 cm³/mol. The molecule has 0 amide bonds. The van der Waals surface area contributed by atoms with Crippen molar-refractivity contribution in [3.8, 4) is 0 Å². The zero-order valence-corrected chi connectivity index (χ0v) is 11.4. The minimum Gasteiger partial charge on any atom is -0.381 e. The molecule has 2 aliphatic carbocycles. The predicted octanol–water partition coefficient (Wildman–Crippen LogP) is 3.23. The zero-order valence-electron chi connectivity index (χ0n) is 11.4. The maximum Gasteiger partial charge on any atom is 0.0572 e. The molecule has 2 rings (SSSR count). The Morgan fingerprint density at radius 3 is 2.47 bits per heavy atom. The summed E-state index contributed by atoms with van der Waals surface area (Å²) in [5.74, 6) is 0.894. The van der Waals surface area contributed by atoms with Crippen LogP contribution in [0.3, 0.4) is 0 Å². The van der Waals surface area contributed by atoms with Gasteiger partial charge in [0.1, 0.15) is 0 Å². The lowest BCUT2D eigenvalue weighted by atomic mass is 9.89. The van der Waals surface area contributed by atoms with Crippen molar-refractivity contribution in [3.63, 3.8) is 0 Å². The molecule has 2 nitrogen and oxygen atoms in total. The minimum atomic E-state index is 0.525. The number of ether oxygens (including phenoxy) is 1. The third kappa shape index (κ3) is 3.82. The lowest BCUT2D eigenvalue weighted by Crippen LogP contribution is -2.39. The molecule has 1 atom stereocenters. The Morgan fingerprint density at radius 1 is 1.12 bits per heavy atom. The van der Waals surface area contributed by atoms with Gasteiger partial charge in [-0.1, -0.05) is 12.2 Å². The largest absolute Gasteiger partial charge is 0.381 e. The quantitative estimate of drug-likeness (QED) is 0.696. The van der Waals surface area contributed by atoms with E-state index in [0.717, 1.165) is 12.0 Å². The van der Waals surface area contributed by atoms with Crippen molar-refractivity contribution >= 4 is 0 Å². The fourth-order valence-electron chi connectivity index (χ4n) is 3.30. The molecule has 0 N–H and O–H groups in total. The van der Waals surface area contributed by atoms with Crippen molar-refractivity contribution in [2.24, 2.45) is 5.92 Å². The van der Waals surface area contributed by atoms with E-state index in [9.17, 15) is 0 Å². The third-order valence-corrected chi connectivity index (χ3v) is 4.52. The first-order valence-corrected chi connectivity index (χ1v) is 7.17. The summed E-state index contributed by atoms with van der Waals surface area (Å²) < 4.78 is 5.44. The number of methoxy groups -OCH3 is 1. The van der Waals surface area contributed by atoms with Crippen LogP contribution in [0.15, 0.2) is 12.2 Å². The van der Waals surface area contributed by atoms with Crippen LogP contribution < -0.4 is 0 Å². The van der Waals surface area contributed by atoms with Crippen LogP contribution in [0.5, 0.6) is 0 Å². The average molecular weight is 237 g/mol. The van der Waals surface area contributed by atoms with Crippen LogP contribution in [0.25, 0.3) is 0 Å². The van der Waals surface area contributed by atoms with E-state index in [0.29, 0.717) is 6.10 Å². The Morgan fingerprint density at radius 2 is 1.88 bits per heavy atom. The summed E-state index contributed by atoms with van der Waals surface area (Å²) in [7, 11) is 4.17. The summed E-state index contributed by atoms with van der Waals surface area (Å²) in [6.07, 6.45) is 14.3. The molecule has 0 aromatic carbocycles. The number of nitrogens with zero attached hydrogens (tertiary/aromatic N) is 1. The van der Waals surface area contributed by atoms with Gasteiger partial charge in [0, 0.05) is 19.7 Å². The fraction of sp³-hybridized carbons (Fsp3) is 0.867. The van der Waals surface area contributed by atoms with E-state index in [-0.39, 0.29) is 0 Å². The molecule has 1 fully saturated rings. The van der Waals surface area contributed by atoms with Crippen LogP contribution >= 0.6 is 0 Å². The molecular weight excluding hydrogens is 210 g/mol. The Bertz CT molecular complexity index is 243. The molecule has 17 heavy (non-hydrogen) atoms.